The van der Waals surface area contributed by atoms with E-state index in [-0.39, 0.29) is 22.3 Å². The van der Waals surface area contributed by atoms with Gasteiger partial charge in [0.05, 0.1) is 6.10 Å². The van der Waals surface area contributed by atoms with Crippen LogP contribution < -0.4 is 5.32 Å². The molecule has 6 heteroatoms. The van der Waals surface area contributed by atoms with E-state index in [4.69, 9.17) is 4.43 Å². The third kappa shape index (κ3) is 5.75. The smallest absolute Gasteiger partial charge is 0.216 e. The van der Waals surface area contributed by atoms with Crippen LogP contribution in [0.1, 0.15) is 40.5 Å². The zero-order valence-corrected chi connectivity index (χ0v) is 15.9. The zero-order chi connectivity index (χ0) is 16.3. The van der Waals surface area contributed by atoms with Crippen molar-refractivity contribution in [2.24, 2.45) is 0 Å². The Labute approximate surface area is 133 Å². The molecule has 1 saturated carbocycles. The molecule has 2 atom stereocenters. The molecule has 21 heavy (non-hydrogen) atoms. The summed E-state index contributed by atoms with van der Waals surface area (Å²) < 4.78 is 6.43. The molecule has 0 aromatic carbocycles. The number of hydrogen-bond acceptors (Lipinski definition) is 4. The lowest BCUT2D eigenvalue weighted by Gasteiger charge is -2.39. The number of carbonyl (C=O) groups is 2. The van der Waals surface area contributed by atoms with Crippen LogP contribution >= 0.6 is 11.8 Å². The van der Waals surface area contributed by atoms with Crippen LogP contribution in [0.25, 0.3) is 0 Å². The van der Waals surface area contributed by atoms with Gasteiger partial charge in [0, 0.05) is 37.3 Å². The normalized spacial score (nSPS) is 23.4. The minimum absolute atomic E-state index is 0.00725. The Bertz CT molecular complexity index is 393. The summed E-state index contributed by atoms with van der Waals surface area (Å²) >= 11 is 1.75. The summed E-state index contributed by atoms with van der Waals surface area (Å²) in [5, 5.41) is 3.18. The molecule has 4 nitrogen and oxygen atoms in total. The van der Waals surface area contributed by atoms with Gasteiger partial charge in [0.15, 0.2) is 8.32 Å². The van der Waals surface area contributed by atoms with Crippen molar-refractivity contribution in [3.05, 3.63) is 0 Å². The van der Waals surface area contributed by atoms with Gasteiger partial charge in [0.2, 0.25) is 5.91 Å². The van der Waals surface area contributed by atoms with E-state index in [2.05, 4.69) is 39.2 Å². The molecule has 0 saturated heterocycles. The highest BCUT2D eigenvalue weighted by molar-refractivity contribution is 8.00. The van der Waals surface area contributed by atoms with E-state index in [0.717, 1.165) is 5.75 Å². The molecule has 0 heterocycles. The van der Waals surface area contributed by atoms with Crippen LogP contribution in [0, 0.1) is 0 Å². The van der Waals surface area contributed by atoms with E-state index in [1.165, 1.54) is 6.92 Å². The van der Waals surface area contributed by atoms with Gasteiger partial charge in [-0.2, -0.15) is 11.8 Å². The van der Waals surface area contributed by atoms with Crippen LogP contribution in [0.15, 0.2) is 0 Å². The van der Waals surface area contributed by atoms with E-state index >= 15 is 0 Å². The maximum Gasteiger partial charge on any atom is 0.216 e. The van der Waals surface area contributed by atoms with Crippen molar-refractivity contribution in [2.75, 3.05) is 12.3 Å². The van der Waals surface area contributed by atoms with Gasteiger partial charge in [-0.25, -0.2) is 0 Å². The monoisotopic (exact) mass is 331 g/mol. The number of hydrogen-bond donors (Lipinski definition) is 1. The van der Waals surface area contributed by atoms with Crippen molar-refractivity contribution in [3.8, 4) is 0 Å². The number of rotatable bonds is 6. The van der Waals surface area contributed by atoms with E-state index in [1.54, 1.807) is 11.8 Å². The van der Waals surface area contributed by atoms with Crippen molar-refractivity contribution >= 4 is 31.8 Å². The Hall–Kier alpha value is -0.333. The summed E-state index contributed by atoms with van der Waals surface area (Å²) in [6.45, 7) is 13.3. The average molecular weight is 332 g/mol. The number of amides is 1. The Balaban J connectivity index is 2.55. The van der Waals surface area contributed by atoms with Crippen molar-refractivity contribution in [1.29, 1.82) is 0 Å². The number of Topliss-reactive ketones (excluding diaryl/α,β-unsaturated/α-hetero) is 1. The lowest BCUT2D eigenvalue weighted by atomic mass is 10.2. The molecule has 0 bridgehead atoms. The first kappa shape index (κ1) is 18.7. The molecule has 1 aliphatic carbocycles. The number of carbonyl (C=O) groups excluding carboxylic acids is 2. The van der Waals surface area contributed by atoms with Crippen LogP contribution in [-0.2, 0) is 14.0 Å². The minimum atomic E-state index is -1.84. The summed E-state index contributed by atoms with van der Waals surface area (Å²) in [6.07, 6.45) is 1.19. The third-order valence-corrected chi connectivity index (χ3v) is 10.2. The molecule has 0 aromatic heterocycles. The van der Waals surface area contributed by atoms with Gasteiger partial charge >= 0.3 is 0 Å². The van der Waals surface area contributed by atoms with Crippen molar-refractivity contribution < 1.29 is 14.0 Å². The molecule has 1 aliphatic rings. The van der Waals surface area contributed by atoms with Crippen LogP contribution in [-0.4, -0.2) is 43.7 Å². The van der Waals surface area contributed by atoms with E-state index in [9.17, 15) is 9.59 Å². The average Bonchev–Trinajstić information content (AvgIpc) is 2.62. The molecule has 0 aromatic rings. The second-order valence-corrected chi connectivity index (χ2v) is 13.4. The van der Waals surface area contributed by atoms with Crippen LogP contribution in [0.2, 0.25) is 18.1 Å². The summed E-state index contributed by atoms with van der Waals surface area (Å²) in [5.74, 6) is 1.12. The van der Waals surface area contributed by atoms with Gasteiger partial charge in [-0.3, -0.25) is 9.59 Å². The van der Waals surface area contributed by atoms with Crippen molar-refractivity contribution in [1.82, 2.24) is 5.32 Å². The minimum Gasteiger partial charge on any atom is -0.412 e. The number of thioether (sulfide) groups is 1. The van der Waals surface area contributed by atoms with Crippen LogP contribution in [0.5, 0.6) is 0 Å². The first-order valence-corrected chi connectivity index (χ1v) is 11.5. The maximum atomic E-state index is 11.8. The fraction of sp³-hybridized carbons (Fsp3) is 0.867. The summed E-state index contributed by atoms with van der Waals surface area (Å²) in [7, 11) is -1.84. The highest BCUT2D eigenvalue weighted by Crippen LogP contribution is 2.40. The quantitative estimate of drug-likeness (QED) is 0.600. The topological polar surface area (TPSA) is 55.4 Å². The molecule has 0 spiro atoms. The fourth-order valence-electron chi connectivity index (χ4n) is 2.07. The Morgan fingerprint density at radius 1 is 1.38 bits per heavy atom. The predicted molar refractivity (Wildman–Crippen MR) is 91.2 cm³/mol. The van der Waals surface area contributed by atoms with Gasteiger partial charge < -0.3 is 9.74 Å². The Kier molecular flexibility index (Phi) is 6.49. The summed E-state index contributed by atoms with van der Waals surface area (Å²) in [4.78, 5) is 22.7. The van der Waals surface area contributed by atoms with Gasteiger partial charge in [-0.05, 0) is 18.1 Å². The Morgan fingerprint density at radius 2 is 2.00 bits per heavy atom. The predicted octanol–water partition coefficient (Wildman–Crippen LogP) is 2.98. The third-order valence-electron chi connectivity index (χ3n) is 4.33. The number of ketones is 1. The number of nitrogens with one attached hydrogen (secondary N) is 1. The molecule has 0 unspecified atom stereocenters. The second-order valence-electron chi connectivity index (χ2n) is 7.26. The summed E-state index contributed by atoms with van der Waals surface area (Å²) in [5.41, 5.74) is 0. The van der Waals surface area contributed by atoms with Gasteiger partial charge in [0.1, 0.15) is 5.78 Å². The van der Waals surface area contributed by atoms with E-state index in [1.807, 2.05) is 0 Å². The molecule has 1 N–H and O–H groups in total. The standard InChI is InChI=1S/C15H29NO3SSi/c1-11(17)16-7-8-20-14-10-12(18)9-13(14)19-21(5,6)15(2,3)4/h13-14H,7-10H2,1-6H3,(H,16,17)/t13-,14-/m0/s1. The SMILES string of the molecule is CC(=O)NCCS[C@H]1CC(=O)C[C@@H]1O[Si](C)(C)C(C)(C)C. The molecular weight excluding hydrogens is 302 g/mol. The molecule has 0 aliphatic heterocycles. The highest BCUT2D eigenvalue weighted by Gasteiger charge is 2.43. The van der Waals surface area contributed by atoms with Crippen molar-refractivity contribution in [3.63, 3.8) is 0 Å². The van der Waals surface area contributed by atoms with Gasteiger partial charge in [-0.15, -0.1) is 0 Å². The van der Waals surface area contributed by atoms with Crippen molar-refractivity contribution in [2.45, 2.75) is 70.0 Å². The highest BCUT2D eigenvalue weighted by atomic mass is 32.2. The second kappa shape index (κ2) is 7.29. The first-order valence-electron chi connectivity index (χ1n) is 7.58. The Morgan fingerprint density at radius 3 is 2.52 bits per heavy atom. The zero-order valence-electron chi connectivity index (χ0n) is 14.1. The van der Waals surface area contributed by atoms with E-state index in [0.29, 0.717) is 25.2 Å². The van der Waals surface area contributed by atoms with Gasteiger partial charge in [-0.1, -0.05) is 20.8 Å². The van der Waals surface area contributed by atoms with Crippen LogP contribution in [0.4, 0.5) is 0 Å². The summed E-state index contributed by atoms with van der Waals surface area (Å²) in [6, 6.07) is 0. The largest absolute Gasteiger partial charge is 0.412 e. The van der Waals surface area contributed by atoms with Crippen LogP contribution in [0.3, 0.4) is 0 Å². The van der Waals surface area contributed by atoms with Gasteiger partial charge in [0.25, 0.3) is 0 Å². The first-order chi connectivity index (χ1) is 9.53. The fourth-order valence-corrected chi connectivity index (χ4v) is 4.72. The van der Waals surface area contributed by atoms with E-state index < -0.39 is 8.32 Å². The lowest BCUT2D eigenvalue weighted by molar-refractivity contribution is -0.119. The molecule has 1 fully saturated rings. The maximum absolute atomic E-state index is 11.8. The molecular formula is C15H29NO3SSi. The lowest BCUT2D eigenvalue weighted by Crippen LogP contribution is -2.45. The molecule has 1 amide bonds. The molecule has 0 radical (unpaired) electrons. The molecule has 122 valence electrons. The molecule has 1 rings (SSSR count).